The number of pyridine rings is 1. The number of carbonyl (C=O) groups is 1. The van der Waals surface area contributed by atoms with Crippen LogP contribution in [0.4, 0.5) is 13.2 Å². The molecule has 8 nitrogen and oxygen atoms in total. The third-order valence-electron chi connectivity index (χ3n) is 6.48. The lowest BCUT2D eigenvalue weighted by Gasteiger charge is -2.21. The number of alkyl halides is 3. The van der Waals surface area contributed by atoms with Crippen molar-refractivity contribution in [2.24, 2.45) is 0 Å². The number of ether oxygens (including phenoxy) is 2. The van der Waals surface area contributed by atoms with Gasteiger partial charge >= 0.3 is 6.18 Å². The fourth-order valence-electron chi connectivity index (χ4n) is 4.39. The lowest BCUT2D eigenvalue weighted by atomic mass is 10.1. The minimum absolute atomic E-state index is 0.0508. The summed E-state index contributed by atoms with van der Waals surface area (Å²) < 4.78 is 76.4. The molecule has 0 radical (unpaired) electrons. The first-order chi connectivity index (χ1) is 18.9. The van der Waals surface area contributed by atoms with Crippen LogP contribution >= 0.6 is 0 Å². The second kappa shape index (κ2) is 10.3. The van der Waals surface area contributed by atoms with E-state index in [-0.39, 0.29) is 21.4 Å². The molecule has 0 aliphatic carbocycles. The Hall–Kier alpha value is -4.32. The molecule has 0 fully saturated rings. The molecule has 1 aromatic heterocycles. The highest BCUT2D eigenvalue weighted by Gasteiger charge is 2.31. The van der Waals surface area contributed by atoms with Gasteiger partial charge in [-0.1, -0.05) is 24.3 Å². The maximum Gasteiger partial charge on any atom is 0.416 e. The molecule has 1 aliphatic rings. The first-order valence-electron chi connectivity index (χ1n) is 12.2. The number of halogens is 3. The molecule has 1 unspecified atom stereocenters. The van der Waals surface area contributed by atoms with Crippen LogP contribution in [0.5, 0.6) is 11.5 Å². The molecule has 0 spiro atoms. The van der Waals surface area contributed by atoms with E-state index < -0.39 is 44.7 Å². The van der Waals surface area contributed by atoms with Gasteiger partial charge in [0.1, 0.15) is 18.8 Å². The predicted octanol–water partition coefficient (Wildman–Crippen LogP) is 4.78. The normalized spacial score (nSPS) is 14.1. The molecule has 4 aromatic rings. The molecule has 40 heavy (non-hydrogen) atoms. The van der Waals surface area contributed by atoms with Gasteiger partial charge in [-0.3, -0.25) is 9.59 Å². The Bertz CT molecular complexity index is 1780. The molecule has 5 rings (SSSR count). The molecule has 0 saturated heterocycles. The van der Waals surface area contributed by atoms with Gasteiger partial charge in [0, 0.05) is 17.1 Å². The van der Waals surface area contributed by atoms with Gasteiger partial charge < -0.3 is 19.8 Å². The van der Waals surface area contributed by atoms with Gasteiger partial charge in [-0.2, -0.15) is 13.2 Å². The molecular weight excluding hydrogens is 549 g/mol. The summed E-state index contributed by atoms with van der Waals surface area (Å²) in [5.74, 6) is -0.235. The van der Waals surface area contributed by atoms with Crippen LogP contribution in [0.1, 0.15) is 40.0 Å². The molecule has 3 aromatic carbocycles. The zero-order chi connectivity index (χ0) is 28.7. The Morgan fingerprint density at radius 1 is 1.02 bits per heavy atom. The Balaban J connectivity index is 1.40. The molecule has 2 heterocycles. The van der Waals surface area contributed by atoms with Crippen LogP contribution in [0.25, 0.3) is 10.9 Å². The molecule has 12 heteroatoms. The van der Waals surface area contributed by atoms with Gasteiger partial charge in [0.2, 0.25) is 5.43 Å². The Labute approximate surface area is 226 Å². The van der Waals surface area contributed by atoms with E-state index in [1.165, 1.54) is 24.4 Å². The van der Waals surface area contributed by atoms with Crippen molar-refractivity contribution in [3.8, 4) is 11.5 Å². The fraction of sp³-hybridized carbons (Fsp3) is 0.214. The number of amides is 1. The molecule has 1 amide bonds. The number of rotatable bonds is 6. The summed E-state index contributed by atoms with van der Waals surface area (Å²) in [4.78, 5) is 28.8. The zero-order valence-electron chi connectivity index (χ0n) is 21.0. The molecular formula is C28H23F3N2O6S. The highest BCUT2D eigenvalue weighted by molar-refractivity contribution is 7.90. The summed E-state index contributed by atoms with van der Waals surface area (Å²) in [6.45, 7) is 2.58. The Kier molecular flexibility index (Phi) is 7.05. The number of carbonyl (C=O) groups excluding carboxylic acids is 1. The first kappa shape index (κ1) is 27.3. The van der Waals surface area contributed by atoms with Crippen molar-refractivity contribution in [3.05, 3.63) is 99.3 Å². The van der Waals surface area contributed by atoms with Gasteiger partial charge in [0.15, 0.2) is 21.3 Å². The van der Waals surface area contributed by atoms with Crippen LogP contribution in [0.2, 0.25) is 0 Å². The van der Waals surface area contributed by atoms with Crippen LogP contribution in [0.3, 0.4) is 0 Å². The first-order valence-corrected chi connectivity index (χ1v) is 13.8. The smallest absolute Gasteiger partial charge is 0.416 e. The topological polar surface area (TPSA) is 115 Å². The van der Waals surface area contributed by atoms with Crippen LogP contribution in [-0.4, -0.2) is 32.5 Å². The van der Waals surface area contributed by atoms with Gasteiger partial charge in [-0.25, -0.2) is 8.42 Å². The van der Waals surface area contributed by atoms with Crippen LogP contribution in [0.15, 0.2) is 76.6 Å². The highest BCUT2D eigenvalue weighted by Crippen LogP contribution is 2.33. The number of hydrogen-bond donors (Lipinski definition) is 2. The van der Waals surface area contributed by atoms with Crippen LogP contribution in [0, 0.1) is 0 Å². The predicted molar refractivity (Wildman–Crippen MR) is 140 cm³/mol. The van der Waals surface area contributed by atoms with E-state index in [1.54, 1.807) is 25.1 Å². The average molecular weight is 573 g/mol. The second-order valence-electron chi connectivity index (χ2n) is 9.29. The lowest BCUT2D eigenvalue weighted by Crippen LogP contribution is -2.31. The number of fused-ring (bicyclic) bond motifs is 2. The van der Waals surface area contributed by atoms with E-state index in [1.807, 2.05) is 0 Å². The molecule has 0 bridgehead atoms. The summed E-state index contributed by atoms with van der Waals surface area (Å²) in [7, 11) is -4.12. The summed E-state index contributed by atoms with van der Waals surface area (Å²) in [5, 5.41) is 2.70. The van der Waals surface area contributed by atoms with Crippen LogP contribution in [-0.2, 0) is 21.8 Å². The summed E-state index contributed by atoms with van der Waals surface area (Å²) >= 11 is 0. The summed E-state index contributed by atoms with van der Waals surface area (Å²) in [6, 6.07) is 12.5. The van der Waals surface area contributed by atoms with Gasteiger partial charge in [-0.05, 0) is 54.4 Å². The number of aromatic nitrogens is 1. The van der Waals surface area contributed by atoms with E-state index in [0.717, 1.165) is 29.8 Å². The van der Waals surface area contributed by atoms with Crippen molar-refractivity contribution in [1.29, 1.82) is 0 Å². The van der Waals surface area contributed by atoms with Crippen molar-refractivity contribution >= 4 is 26.6 Å². The average Bonchev–Trinajstić information content (AvgIpc) is 2.92. The number of nitrogens with one attached hydrogen (secondary N) is 2. The van der Waals surface area contributed by atoms with E-state index in [0.29, 0.717) is 30.2 Å². The van der Waals surface area contributed by atoms with Gasteiger partial charge in [0.05, 0.1) is 22.3 Å². The molecule has 0 saturated carbocycles. The molecule has 1 aliphatic heterocycles. The Morgan fingerprint density at radius 2 is 1.77 bits per heavy atom. The largest absolute Gasteiger partial charge is 0.486 e. The maximum atomic E-state index is 13.2. The highest BCUT2D eigenvalue weighted by atomic mass is 32.2. The SMILES string of the molecule is CC(NC(=O)c1c[nH]c2ccc(S(=O)(=O)Cc3cccc(C(F)(F)F)c3)cc2c1=O)c1ccc2c(c1)OCCO2. The van der Waals surface area contributed by atoms with Crippen LogP contribution < -0.4 is 20.2 Å². The minimum atomic E-state index is -4.62. The third kappa shape index (κ3) is 5.53. The number of hydrogen-bond acceptors (Lipinski definition) is 6. The minimum Gasteiger partial charge on any atom is -0.486 e. The summed E-state index contributed by atoms with van der Waals surface area (Å²) in [5.41, 5.74) is -0.931. The van der Waals surface area contributed by atoms with E-state index in [9.17, 15) is 31.2 Å². The number of H-pyrrole nitrogens is 1. The van der Waals surface area contributed by atoms with Crippen molar-refractivity contribution in [2.75, 3.05) is 13.2 Å². The van der Waals surface area contributed by atoms with Crippen molar-refractivity contribution in [1.82, 2.24) is 10.3 Å². The fourth-order valence-corrected chi connectivity index (χ4v) is 5.74. The lowest BCUT2D eigenvalue weighted by molar-refractivity contribution is -0.137. The number of aromatic amines is 1. The quantitative estimate of drug-likeness (QED) is 0.344. The maximum absolute atomic E-state index is 13.2. The molecule has 2 N–H and O–H groups in total. The number of benzene rings is 3. The monoisotopic (exact) mass is 572 g/mol. The van der Waals surface area contributed by atoms with Crippen molar-refractivity contribution < 1.29 is 35.9 Å². The van der Waals surface area contributed by atoms with Gasteiger partial charge in [-0.15, -0.1) is 0 Å². The second-order valence-corrected chi connectivity index (χ2v) is 11.3. The molecule has 1 atom stereocenters. The van der Waals surface area contributed by atoms with Crippen molar-refractivity contribution in [3.63, 3.8) is 0 Å². The standard InChI is InChI=1S/C28H23F3N2O6S/c1-16(18-5-8-24-25(12-18)39-10-9-38-24)33-27(35)22-14-32-23-7-6-20(13-21(23)26(22)34)40(36,37)15-17-3-2-4-19(11-17)28(29,30)31/h2-8,11-14,16H,9-10,15H2,1H3,(H,32,34)(H,33,35). The third-order valence-corrected chi connectivity index (χ3v) is 8.17. The zero-order valence-corrected chi connectivity index (χ0v) is 21.9. The van der Waals surface area contributed by atoms with Gasteiger partial charge in [0.25, 0.3) is 5.91 Å². The van der Waals surface area contributed by atoms with Crippen molar-refractivity contribution in [2.45, 2.75) is 29.8 Å². The van der Waals surface area contributed by atoms with E-state index in [2.05, 4.69) is 10.3 Å². The Morgan fingerprint density at radius 3 is 2.52 bits per heavy atom. The molecule has 208 valence electrons. The van der Waals surface area contributed by atoms with E-state index >= 15 is 0 Å². The number of sulfone groups is 1. The summed E-state index contributed by atoms with van der Waals surface area (Å²) in [6.07, 6.45) is -3.38. The van der Waals surface area contributed by atoms with E-state index in [4.69, 9.17) is 9.47 Å².